The van der Waals surface area contributed by atoms with E-state index >= 15 is 0 Å². The molecule has 1 aromatic carbocycles. The van der Waals surface area contributed by atoms with Gasteiger partial charge in [-0.2, -0.15) is 5.10 Å². The summed E-state index contributed by atoms with van der Waals surface area (Å²) in [5.74, 6) is -4.77. The molecule has 7 nitrogen and oxygen atoms in total. The lowest BCUT2D eigenvalue weighted by Crippen LogP contribution is -2.28. The number of anilines is 1. The topological polar surface area (TPSA) is 81.8 Å². The van der Waals surface area contributed by atoms with Crippen molar-refractivity contribution in [2.24, 2.45) is 0 Å². The van der Waals surface area contributed by atoms with E-state index in [-0.39, 0.29) is 24.1 Å². The van der Waals surface area contributed by atoms with Crippen LogP contribution >= 0.6 is 0 Å². The summed E-state index contributed by atoms with van der Waals surface area (Å²) >= 11 is 0. The highest BCUT2D eigenvalue weighted by atomic mass is 19.2. The van der Waals surface area contributed by atoms with Crippen LogP contribution in [0, 0.1) is 24.4 Å². The number of hydrogen-bond donors (Lipinski definition) is 1. The molecular formula is C19H20F3N5O2. The predicted octanol–water partition coefficient (Wildman–Crippen LogP) is 3.10. The number of carbonyl (C=O) groups is 1. The van der Waals surface area contributed by atoms with Crippen LogP contribution in [0.3, 0.4) is 0 Å². The molecule has 154 valence electrons. The van der Waals surface area contributed by atoms with Gasteiger partial charge in [-0.3, -0.25) is 14.2 Å². The van der Waals surface area contributed by atoms with E-state index in [1.165, 1.54) is 10.8 Å². The van der Waals surface area contributed by atoms with Crippen LogP contribution < -0.4 is 10.9 Å². The lowest BCUT2D eigenvalue weighted by atomic mass is 10.1. The second kappa shape index (κ2) is 7.34. The van der Waals surface area contributed by atoms with Gasteiger partial charge < -0.3 is 5.32 Å². The fourth-order valence-corrected chi connectivity index (χ4v) is 2.91. The van der Waals surface area contributed by atoms with Crippen molar-refractivity contribution in [3.8, 4) is 0 Å². The second-order valence-corrected chi connectivity index (χ2v) is 7.60. The third kappa shape index (κ3) is 3.87. The van der Waals surface area contributed by atoms with Crippen LogP contribution in [-0.2, 0) is 16.9 Å². The molecule has 2 aromatic heterocycles. The minimum Gasteiger partial charge on any atom is -0.323 e. The van der Waals surface area contributed by atoms with Gasteiger partial charge >= 0.3 is 0 Å². The smallest absolute Gasteiger partial charge is 0.264 e. The summed E-state index contributed by atoms with van der Waals surface area (Å²) in [5.41, 5.74) is -0.744. The minimum absolute atomic E-state index is 0.0224. The number of carbonyl (C=O) groups excluding carboxylic acids is 1. The number of benzene rings is 1. The van der Waals surface area contributed by atoms with Crippen LogP contribution in [0.15, 0.2) is 23.1 Å². The number of nitrogens with one attached hydrogen (secondary N) is 1. The van der Waals surface area contributed by atoms with Gasteiger partial charge in [0.25, 0.3) is 5.56 Å². The van der Waals surface area contributed by atoms with E-state index in [1.54, 1.807) is 11.6 Å². The molecule has 0 aliphatic carbocycles. The Hall–Kier alpha value is -3.17. The third-order valence-electron chi connectivity index (χ3n) is 4.38. The van der Waals surface area contributed by atoms with E-state index in [4.69, 9.17) is 0 Å². The van der Waals surface area contributed by atoms with E-state index in [0.29, 0.717) is 22.9 Å². The molecule has 0 saturated carbocycles. The Bertz CT molecular complexity index is 1160. The number of aromatic nitrogens is 4. The first-order valence-corrected chi connectivity index (χ1v) is 8.89. The molecule has 1 amide bonds. The van der Waals surface area contributed by atoms with E-state index in [1.807, 2.05) is 20.8 Å². The summed E-state index contributed by atoms with van der Waals surface area (Å²) in [5, 5.41) is 6.73. The lowest BCUT2D eigenvalue weighted by molar-refractivity contribution is -0.116. The Balaban J connectivity index is 1.81. The standard InChI is InChI=1S/C19H20F3N5O2/c1-10-24-17-11(9-23-27(17)19(2,3)4)18(29)26(10)8-7-14(28)25-13-6-5-12(20)15(21)16(13)22/h5-6,9H,7-8H2,1-4H3,(H,25,28). The largest absolute Gasteiger partial charge is 0.323 e. The molecule has 0 bridgehead atoms. The highest BCUT2D eigenvalue weighted by molar-refractivity contribution is 5.90. The fourth-order valence-electron chi connectivity index (χ4n) is 2.91. The molecular weight excluding hydrogens is 387 g/mol. The second-order valence-electron chi connectivity index (χ2n) is 7.60. The molecule has 10 heteroatoms. The molecule has 0 unspecified atom stereocenters. The number of rotatable bonds is 4. The van der Waals surface area contributed by atoms with Gasteiger partial charge in [0.1, 0.15) is 11.2 Å². The van der Waals surface area contributed by atoms with Crippen molar-refractivity contribution in [1.29, 1.82) is 0 Å². The van der Waals surface area contributed by atoms with Gasteiger partial charge in [-0.25, -0.2) is 22.8 Å². The number of fused-ring (bicyclic) bond motifs is 1. The average Bonchev–Trinajstić information content (AvgIpc) is 3.06. The molecule has 0 aliphatic rings. The Morgan fingerprint density at radius 2 is 1.86 bits per heavy atom. The first-order chi connectivity index (χ1) is 13.5. The minimum atomic E-state index is -1.67. The van der Waals surface area contributed by atoms with Crippen molar-refractivity contribution in [3.05, 3.63) is 52.0 Å². The quantitative estimate of drug-likeness (QED) is 0.674. The molecule has 0 fully saturated rings. The summed E-state index contributed by atoms with van der Waals surface area (Å²) in [6, 6.07) is 1.64. The van der Waals surface area contributed by atoms with Gasteiger partial charge in [-0.05, 0) is 39.8 Å². The summed E-state index contributed by atoms with van der Waals surface area (Å²) in [6.45, 7) is 7.41. The Kier molecular flexibility index (Phi) is 5.20. The van der Waals surface area contributed by atoms with Crippen molar-refractivity contribution >= 4 is 22.6 Å². The monoisotopic (exact) mass is 407 g/mol. The van der Waals surface area contributed by atoms with Crippen LogP contribution in [0.2, 0.25) is 0 Å². The van der Waals surface area contributed by atoms with Crippen molar-refractivity contribution in [2.75, 3.05) is 5.32 Å². The normalized spacial score (nSPS) is 11.8. The van der Waals surface area contributed by atoms with Gasteiger partial charge in [-0.15, -0.1) is 0 Å². The van der Waals surface area contributed by atoms with Crippen LogP contribution in [0.25, 0.3) is 11.0 Å². The average molecular weight is 407 g/mol. The molecule has 3 rings (SSSR count). The molecule has 29 heavy (non-hydrogen) atoms. The Morgan fingerprint density at radius 1 is 1.17 bits per heavy atom. The fraction of sp³-hybridized carbons (Fsp3) is 0.368. The van der Waals surface area contributed by atoms with Crippen LogP contribution in [0.5, 0.6) is 0 Å². The van der Waals surface area contributed by atoms with E-state index in [2.05, 4.69) is 15.4 Å². The summed E-state index contributed by atoms with van der Waals surface area (Å²) < 4.78 is 42.9. The zero-order valence-corrected chi connectivity index (χ0v) is 16.4. The first-order valence-electron chi connectivity index (χ1n) is 8.89. The molecule has 0 aliphatic heterocycles. The molecule has 0 atom stereocenters. The van der Waals surface area contributed by atoms with Crippen molar-refractivity contribution < 1.29 is 18.0 Å². The van der Waals surface area contributed by atoms with Gasteiger partial charge in [0, 0.05) is 13.0 Å². The maximum Gasteiger partial charge on any atom is 0.264 e. The molecule has 0 spiro atoms. The first kappa shape index (κ1) is 20.6. The maximum atomic E-state index is 13.7. The van der Waals surface area contributed by atoms with E-state index in [9.17, 15) is 22.8 Å². The van der Waals surface area contributed by atoms with Gasteiger partial charge in [-0.1, -0.05) is 0 Å². The molecule has 0 radical (unpaired) electrons. The zero-order valence-electron chi connectivity index (χ0n) is 16.4. The van der Waals surface area contributed by atoms with Gasteiger partial charge in [0.05, 0.1) is 17.4 Å². The highest BCUT2D eigenvalue weighted by Crippen LogP contribution is 2.20. The third-order valence-corrected chi connectivity index (χ3v) is 4.38. The number of amides is 1. The number of hydrogen-bond acceptors (Lipinski definition) is 4. The molecule has 2 heterocycles. The van der Waals surface area contributed by atoms with E-state index in [0.717, 1.165) is 6.07 Å². The number of nitrogens with zero attached hydrogens (tertiary/aromatic N) is 4. The summed E-state index contributed by atoms with van der Waals surface area (Å²) in [6.07, 6.45) is 1.24. The van der Waals surface area contributed by atoms with Crippen molar-refractivity contribution in [2.45, 2.75) is 46.2 Å². The Morgan fingerprint density at radius 3 is 2.52 bits per heavy atom. The van der Waals surface area contributed by atoms with Gasteiger partial charge in [0.2, 0.25) is 5.91 Å². The molecule has 3 aromatic rings. The SMILES string of the molecule is Cc1nc2c(cnn2C(C)(C)C)c(=O)n1CCC(=O)Nc1ccc(F)c(F)c1F. The van der Waals surface area contributed by atoms with Crippen LogP contribution in [-0.4, -0.2) is 25.2 Å². The predicted molar refractivity (Wildman–Crippen MR) is 101 cm³/mol. The highest BCUT2D eigenvalue weighted by Gasteiger charge is 2.21. The maximum absolute atomic E-state index is 13.7. The van der Waals surface area contributed by atoms with Crippen LogP contribution in [0.4, 0.5) is 18.9 Å². The number of aryl methyl sites for hydroxylation is 1. The summed E-state index contributed by atoms with van der Waals surface area (Å²) in [7, 11) is 0. The van der Waals surface area contributed by atoms with E-state index < -0.39 is 29.0 Å². The van der Waals surface area contributed by atoms with Gasteiger partial charge in [0.15, 0.2) is 23.1 Å². The summed E-state index contributed by atoms with van der Waals surface area (Å²) in [4.78, 5) is 29.3. The zero-order chi connectivity index (χ0) is 21.5. The lowest BCUT2D eigenvalue weighted by Gasteiger charge is -2.20. The van der Waals surface area contributed by atoms with Crippen LogP contribution in [0.1, 0.15) is 33.0 Å². The Labute approximate surface area is 164 Å². The van der Waals surface area contributed by atoms with Crippen molar-refractivity contribution in [3.63, 3.8) is 0 Å². The molecule has 0 saturated heterocycles. The number of halogens is 3. The molecule has 1 N–H and O–H groups in total. The van der Waals surface area contributed by atoms with Crippen molar-refractivity contribution in [1.82, 2.24) is 19.3 Å².